The van der Waals surface area contributed by atoms with Gasteiger partial charge in [0, 0.05) is 26.2 Å². The van der Waals surface area contributed by atoms with Gasteiger partial charge in [-0.1, -0.05) is 36.4 Å². The van der Waals surface area contributed by atoms with Crippen LogP contribution in [0.1, 0.15) is 0 Å². The molecule has 0 unspecified atom stereocenters. The number of rotatable bonds is 3. The van der Waals surface area contributed by atoms with E-state index >= 15 is 0 Å². The number of hydrogen-bond acceptors (Lipinski definition) is 2. The number of benzene rings is 2. The van der Waals surface area contributed by atoms with Gasteiger partial charge < -0.3 is 9.80 Å². The Bertz CT molecular complexity index is 613. The van der Waals surface area contributed by atoms with Crippen molar-refractivity contribution in [3.8, 4) is 0 Å². The van der Waals surface area contributed by atoms with Gasteiger partial charge in [0.05, 0.1) is 11.4 Å². The molecule has 0 radical (unpaired) electrons. The molecule has 5 heteroatoms. The normalized spacial score (nSPS) is 14.4. The summed E-state index contributed by atoms with van der Waals surface area (Å²) in [6.07, 6.45) is 0.841. The number of para-hydroxylation sites is 2. The van der Waals surface area contributed by atoms with Crippen molar-refractivity contribution in [3.05, 3.63) is 60.7 Å². The fourth-order valence-electron chi connectivity index (χ4n) is 2.68. The summed E-state index contributed by atoms with van der Waals surface area (Å²) < 4.78 is 0. The Morgan fingerprint density at radius 1 is 0.826 bits per heavy atom. The smallest absolute Gasteiger partial charge is 0.329 e. The first-order valence-corrected chi connectivity index (χ1v) is 7.68. The average molecular weight is 309 g/mol. The Balaban J connectivity index is 1.87. The van der Waals surface area contributed by atoms with Crippen molar-refractivity contribution in [3.63, 3.8) is 0 Å². The van der Waals surface area contributed by atoms with Gasteiger partial charge in [-0.3, -0.25) is 9.69 Å². The topological polar surface area (TPSA) is 43.9 Å². The standard InChI is InChI=1S/C18H19N3O2/c22-15-19-11-13-20(14-12-19)18(23)21(16-7-3-1-4-8-16)17-9-5-2-6-10-17/h1-10,15H,11-14H2. The first kappa shape index (κ1) is 15.1. The molecule has 1 fully saturated rings. The molecular weight excluding hydrogens is 290 g/mol. The molecule has 2 aromatic carbocycles. The van der Waals surface area contributed by atoms with E-state index in [1.807, 2.05) is 60.7 Å². The van der Waals surface area contributed by atoms with Crippen molar-refractivity contribution >= 4 is 23.8 Å². The lowest BCUT2D eigenvalue weighted by Crippen LogP contribution is -2.51. The number of anilines is 2. The van der Waals surface area contributed by atoms with Crippen LogP contribution in [-0.2, 0) is 4.79 Å². The van der Waals surface area contributed by atoms with Gasteiger partial charge in [-0.25, -0.2) is 4.79 Å². The number of hydrogen-bond donors (Lipinski definition) is 0. The highest BCUT2D eigenvalue weighted by Crippen LogP contribution is 2.26. The fourth-order valence-corrected chi connectivity index (χ4v) is 2.68. The summed E-state index contributed by atoms with van der Waals surface area (Å²) in [4.78, 5) is 29.1. The summed E-state index contributed by atoms with van der Waals surface area (Å²) in [7, 11) is 0. The Hall–Kier alpha value is -2.82. The van der Waals surface area contributed by atoms with E-state index in [0.717, 1.165) is 17.8 Å². The van der Waals surface area contributed by atoms with Gasteiger partial charge in [0.2, 0.25) is 6.41 Å². The van der Waals surface area contributed by atoms with Gasteiger partial charge in [0.15, 0.2) is 0 Å². The number of piperazine rings is 1. The van der Waals surface area contributed by atoms with Crippen molar-refractivity contribution in [2.45, 2.75) is 0 Å². The van der Waals surface area contributed by atoms with E-state index in [0.29, 0.717) is 26.2 Å². The maximum Gasteiger partial charge on any atom is 0.329 e. The molecule has 2 aromatic rings. The van der Waals surface area contributed by atoms with E-state index in [4.69, 9.17) is 0 Å². The highest BCUT2D eigenvalue weighted by atomic mass is 16.2. The van der Waals surface area contributed by atoms with Crippen molar-refractivity contribution in [1.29, 1.82) is 0 Å². The van der Waals surface area contributed by atoms with Crippen LogP contribution in [0.2, 0.25) is 0 Å². The van der Waals surface area contributed by atoms with Crippen LogP contribution in [0.25, 0.3) is 0 Å². The van der Waals surface area contributed by atoms with Gasteiger partial charge in [0.1, 0.15) is 0 Å². The molecule has 1 aliphatic rings. The molecule has 1 saturated heterocycles. The second-order valence-corrected chi connectivity index (χ2v) is 5.42. The summed E-state index contributed by atoms with van der Waals surface area (Å²) in [6, 6.07) is 19.2. The van der Waals surface area contributed by atoms with Crippen LogP contribution in [0.15, 0.2) is 60.7 Å². The van der Waals surface area contributed by atoms with Gasteiger partial charge in [-0.05, 0) is 24.3 Å². The van der Waals surface area contributed by atoms with Gasteiger partial charge in [-0.2, -0.15) is 0 Å². The fraction of sp³-hybridized carbons (Fsp3) is 0.222. The molecule has 0 atom stereocenters. The van der Waals surface area contributed by atoms with Crippen LogP contribution < -0.4 is 4.90 Å². The minimum atomic E-state index is -0.0621. The van der Waals surface area contributed by atoms with Crippen LogP contribution in [0.3, 0.4) is 0 Å². The summed E-state index contributed by atoms with van der Waals surface area (Å²) in [5.41, 5.74) is 1.67. The quantitative estimate of drug-likeness (QED) is 0.818. The largest absolute Gasteiger partial charge is 0.342 e. The SMILES string of the molecule is O=CN1CCN(C(=O)N(c2ccccc2)c2ccccc2)CC1. The molecule has 0 spiro atoms. The maximum atomic E-state index is 13.0. The van der Waals surface area contributed by atoms with Crippen LogP contribution in [0.5, 0.6) is 0 Å². The summed E-state index contributed by atoms with van der Waals surface area (Å²) in [6.45, 7) is 2.25. The van der Waals surface area contributed by atoms with Crippen molar-refractivity contribution in [1.82, 2.24) is 9.80 Å². The first-order valence-electron chi connectivity index (χ1n) is 7.68. The molecular formula is C18H19N3O2. The number of urea groups is 1. The molecule has 0 N–H and O–H groups in total. The Morgan fingerprint density at radius 3 is 1.74 bits per heavy atom. The highest BCUT2D eigenvalue weighted by molar-refractivity contribution is 5.99. The van der Waals surface area contributed by atoms with Gasteiger partial charge in [-0.15, -0.1) is 0 Å². The number of nitrogens with zero attached hydrogens (tertiary/aromatic N) is 3. The molecule has 3 rings (SSSR count). The van der Waals surface area contributed by atoms with E-state index in [9.17, 15) is 9.59 Å². The lowest BCUT2D eigenvalue weighted by Gasteiger charge is -2.36. The van der Waals surface area contributed by atoms with E-state index in [-0.39, 0.29) is 6.03 Å². The Morgan fingerprint density at radius 2 is 1.30 bits per heavy atom. The molecule has 5 nitrogen and oxygen atoms in total. The monoisotopic (exact) mass is 309 g/mol. The molecule has 0 aliphatic carbocycles. The molecule has 3 amide bonds. The number of amides is 3. The van der Waals surface area contributed by atoms with E-state index in [1.54, 1.807) is 14.7 Å². The molecule has 118 valence electrons. The van der Waals surface area contributed by atoms with Crippen LogP contribution in [-0.4, -0.2) is 48.4 Å². The van der Waals surface area contributed by atoms with Crippen molar-refractivity contribution in [2.75, 3.05) is 31.1 Å². The lowest BCUT2D eigenvalue weighted by atomic mass is 10.2. The highest BCUT2D eigenvalue weighted by Gasteiger charge is 2.26. The van der Waals surface area contributed by atoms with E-state index < -0.39 is 0 Å². The minimum Gasteiger partial charge on any atom is -0.342 e. The van der Waals surface area contributed by atoms with Crippen molar-refractivity contribution < 1.29 is 9.59 Å². The molecule has 0 saturated carbocycles. The molecule has 0 aromatic heterocycles. The molecule has 23 heavy (non-hydrogen) atoms. The Kier molecular flexibility index (Phi) is 4.57. The van der Waals surface area contributed by atoms with Crippen molar-refractivity contribution in [2.24, 2.45) is 0 Å². The summed E-state index contributed by atoms with van der Waals surface area (Å²) in [5.74, 6) is 0. The Labute approximate surface area is 135 Å². The third-order valence-electron chi connectivity index (χ3n) is 3.95. The first-order chi connectivity index (χ1) is 11.3. The number of carbonyl (C=O) groups is 2. The third-order valence-corrected chi connectivity index (χ3v) is 3.95. The summed E-state index contributed by atoms with van der Waals surface area (Å²) >= 11 is 0. The maximum absolute atomic E-state index is 13.0. The van der Waals surface area contributed by atoms with Gasteiger partial charge in [0.25, 0.3) is 0 Å². The summed E-state index contributed by atoms with van der Waals surface area (Å²) in [5, 5.41) is 0. The predicted octanol–water partition coefficient (Wildman–Crippen LogP) is 2.72. The molecule has 0 bridgehead atoms. The van der Waals surface area contributed by atoms with Crippen LogP contribution in [0, 0.1) is 0 Å². The van der Waals surface area contributed by atoms with Crippen LogP contribution in [0.4, 0.5) is 16.2 Å². The van der Waals surface area contributed by atoms with E-state index in [1.165, 1.54) is 0 Å². The third kappa shape index (κ3) is 3.34. The molecule has 1 aliphatic heterocycles. The second kappa shape index (κ2) is 6.96. The second-order valence-electron chi connectivity index (χ2n) is 5.42. The van der Waals surface area contributed by atoms with Crippen LogP contribution >= 0.6 is 0 Å². The van der Waals surface area contributed by atoms with E-state index in [2.05, 4.69) is 0 Å². The minimum absolute atomic E-state index is 0.0621. The zero-order valence-electron chi connectivity index (χ0n) is 12.8. The number of carbonyl (C=O) groups excluding carboxylic acids is 2. The van der Waals surface area contributed by atoms with Gasteiger partial charge >= 0.3 is 6.03 Å². The lowest BCUT2D eigenvalue weighted by molar-refractivity contribution is -0.119. The average Bonchev–Trinajstić information content (AvgIpc) is 2.64. The molecule has 1 heterocycles. The zero-order valence-corrected chi connectivity index (χ0v) is 12.8. The zero-order chi connectivity index (χ0) is 16.1. The predicted molar refractivity (Wildman–Crippen MR) is 89.6 cm³/mol.